The van der Waals surface area contributed by atoms with E-state index in [0.717, 1.165) is 21.9 Å². The predicted octanol–water partition coefficient (Wildman–Crippen LogP) is 9.51. The Kier molecular flexibility index (Phi) is 5.34. The smallest absolute Gasteiger partial charge is 0.0456 e. The van der Waals surface area contributed by atoms with Crippen LogP contribution in [0.2, 0.25) is 0 Å². The molecular formula is C34H22N2S. The predicted molar refractivity (Wildman–Crippen MR) is 157 cm³/mol. The van der Waals surface area contributed by atoms with Gasteiger partial charge in [0.25, 0.3) is 0 Å². The molecule has 0 spiro atoms. The maximum Gasteiger partial charge on any atom is 0.0456 e. The van der Waals surface area contributed by atoms with E-state index >= 15 is 0 Å². The van der Waals surface area contributed by atoms with Gasteiger partial charge in [0.1, 0.15) is 0 Å². The summed E-state index contributed by atoms with van der Waals surface area (Å²) in [5.41, 5.74) is 7.16. The highest BCUT2D eigenvalue weighted by molar-refractivity contribution is 7.20. The molecule has 0 unspecified atom stereocenters. The van der Waals surface area contributed by atoms with Crippen LogP contribution in [0.15, 0.2) is 134 Å². The molecule has 0 fully saturated rings. The van der Waals surface area contributed by atoms with Crippen LogP contribution in [-0.4, -0.2) is 9.97 Å². The van der Waals surface area contributed by atoms with Crippen LogP contribution in [0.1, 0.15) is 0 Å². The van der Waals surface area contributed by atoms with Gasteiger partial charge in [-0.3, -0.25) is 9.97 Å². The zero-order valence-electron chi connectivity index (χ0n) is 20.0. The van der Waals surface area contributed by atoms with E-state index in [0.29, 0.717) is 0 Å². The minimum Gasteiger partial charge on any atom is -0.263 e. The largest absolute Gasteiger partial charge is 0.263 e. The molecule has 0 N–H and O–H groups in total. The number of nitrogens with zero attached hydrogens (tertiary/aromatic N) is 2. The quantitative estimate of drug-likeness (QED) is 0.245. The Hall–Kier alpha value is -4.60. The summed E-state index contributed by atoms with van der Waals surface area (Å²) in [5, 5.41) is 4.69. The Morgan fingerprint density at radius 3 is 1.27 bits per heavy atom. The molecule has 7 rings (SSSR count). The lowest BCUT2D eigenvalue weighted by Crippen LogP contribution is -1.88. The minimum atomic E-state index is 1.14. The minimum absolute atomic E-state index is 1.14. The van der Waals surface area contributed by atoms with Crippen LogP contribution in [0.3, 0.4) is 0 Å². The first-order valence-electron chi connectivity index (χ1n) is 12.3. The van der Waals surface area contributed by atoms with Crippen LogP contribution >= 0.6 is 11.3 Å². The van der Waals surface area contributed by atoms with Crippen molar-refractivity contribution in [2.45, 2.75) is 0 Å². The summed E-state index contributed by atoms with van der Waals surface area (Å²) < 4.78 is 0. The van der Waals surface area contributed by atoms with Gasteiger partial charge in [0.15, 0.2) is 0 Å². The van der Waals surface area contributed by atoms with Gasteiger partial charge in [0, 0.05) is 67.6 Å². The first-order chi connectivity index (χ1) is 18.4. The second-order valence-electron chi connectivity index (χ2n) is 9.06. The van der Waals surface area contributed by atoms with Crippen LogP contribution in [0.25, 0.3) is 64.7 Å². The maximum absolute atomic E-state index is 4.65. The Labute approximate surface area is 219 Å². The number of thiophene rings is 1. The van der Waals surface area contributed by atoms with Gasteiger partial charge in [-0.1, -0.05) is 109 Å². The van der Waals surface area contributed by atoms with E-state index in [4.69, 9.17) is 0 Å². The standard InChI is InChI=1S/C34H22N2S/c1-3-11-23(12-4-1)31-32(24-13-5-2-6-14-24)34(30-22-36-20-26-16-8-10-18-28(26)30)37-33(31)29-21-35-19-25-15-7-9-17-27(25)29/h1-22H. The van der Waals surface area contributed by atoms with Crippen molar-refractivity contribution in [1.82, 2.24) is 9.97 Å². The Balaban J connectivity index is 1.65. The molecular weight excluding hydrogens is 468 g/mol. The van der Waals surface area contributed by atoms with Crippen molar-refractivity contribution in [3.63, 3.8) is 0 Å². The highest BCUT2D eigenvalue weighted by Crippen LogP contribution is 2.53. The molecule has 3 heterocycles. The number of benzene rings is 4. The molecule has 0 bridgehead atoms. The van der Waals surface area contributed by atoms with Gasteiger partial charge in [-0.05, 0) is 21.9 Å². The monoisotopic (exact) mass is 490 g/mol. The number of hydrogen-bond acceptors (Lipinski definition) is 3. The van der Waals surface area contributed by atoms with Crippen molar-refractivity contribution in [2.75, 3.05) is 0 Å². The average molecular weight is 491 g/mol. The van der Waals surface area contributed by atoms with Gasteiger partial charge in [0.2, 0.25) is 0 Å². The second kappa shape index (κ2) is 9.12. The van der Waals surface area contributed by atoms with Gasteiger partial charge in [-0.15, -0.1) is 11.3 Å². The molecule has 0 amide bonds. The van der Waals surface area contributed by atoms with E-state index in [2.05, 4.69) is 119 Å². The molecule has 0 atom stereocenters. The van der Waals surface area contributed by atoms with Crippen molar-refractivity contribution >= 4 is 32.9 Å². The van der Waals surface area contributed by atoms with Gasteiger partial charge < -0.3 is 0 Å². The highest BCUT2D eigenvalue weighted by Gasteiger charge is 2.25. The Morgan fingerprint density at radius 2 is 0.811 bits per heavy atom. The van der Waals surface area contributed by atoms with E-state index in [1.165, 1.54) is 42.8 Å². The normalized spacial score (nSPS) is 11.2. The fourth-order valence-electron chi connectivity index (χ4n) is 5.17. The zero-order chi connectivity index (χ0) is 24.6. The molecule has 3 heteroatoms. The lowest BCUT2D eigenvalue weighted by molar-refractivity contribution is 1.37. The molecule has 0 aliphatic rings. The summed E-state index contributed by atoms with van der Waals surface area (Å²) in [7, 11) is 0. The fourth-order valence-corrected chi connectivity index (χ4v) is 6.56. The third-order valence-corrected chi connectivity index (χ3v) is 8.12. The van der Waals surface area contributed by atoms with E-state index < -0.39 is 0 Å². The molecule has 7 aromatic rings. The fraction of sp³-hybridized carbons (Fsp3) is 0. The van der Waals surface area contributed by atoms with Gasteiger partial charge in [-0.2, -0.15) is 0 Å². The summed E-state index contributed by atoms with van der Waals surface area (Å²) in [6.07, 6.45) is 7.92. The van der Waals surface area contributed by atoms with Crippen LogP contribution < -0.4 is 0 Å². The molecule has 4 aromatic carbocycles. The van der Waals surface area contributed by atoms with E-state index in [9.17, 15) is 0 Å². The second-order valence-corrected chi connectivity index (χ2v) is 10.1. The van der Waals surface area contributed by atoms with Crippen LogP contribution in [0, 0.1) is 0 Å². The molecule has 0 saturated carbocycles. The van der Waals surface area contributed by atoms with Crippen LogP contribution in [0.5, 0.6) is 0 Å². The summed E-state index contributed by atoms with van der Waals surface area (Å²) in [6, 6.07) is 38.5. The van der Waals surface area contributed by atoms with Crippen molar-refractivity contribution in [3.8, 4) is 43.1 Å². The third-order valence-electron chi connectivity index (χ3n) is 6.86. The van der Waals surface area contributed by atoms with Crippen LogP contribution in [0.4, 0.5) is 0 Å². The highest BCUT2D eigenvalue weighted by atomic mass is 32.1. The zero-order valence-corrected chi connectivity index (χ0v) is 20.8. The molecule has 0 aliphatic heterocycles. The SMILES string of the molecule is c1ccc(-c2c(-c3cncc4ccccc34)sc(-c3cncc4ccccc34)c2-c2ccccc2)cc1. The maximum atomic E-state index is 4.65. The van der Waals surface area contributed by atoms with E-state index in [1.54, 1.807) is 0 Å². The van der Waals surface area contributed by atoms with Crippen LogP contribution in [-0.2, 0) is 0 Å². The van der Waals surface area contributed by atoms with Crippen molar-refractivity contribution in [2.24, 2.45) is 0 Å². The number of fused-ring (bicyclic) bond motifs is 2. The molecule has 0 aliphatic carbocycles. The van der Waals surface area contributed by atoms with Crippen molar-refractivity contribution in [3.05, 3.63) is 134 Å². The molecule has 37 heavy (non-hydrogen) atoms. The number of rotatable bonds is 4. The summed E-state index contributed by atoms with van der Waals surface area (Å²) in [5.74, 6) is 0. The van der Waals surface area contributed by atoms with E-state index in [1.807, 2.05) is 36.1 Å². The average Bonchev–Trinajstić information content (AvgIpc) is 3.38. The molecule has 174 valence electrons. The Morgan fingerprint density at radius 1 is 0.405 bits per heavy atom. The molecule has 0 saturated heterocycles. The van der Waals surface area contributed by atoms with E-state index in [-0.39, 0.29) is 0 Å². The number of pyridine rings is 2. The van der Waals surface area contributed by atoms with Gasteiger partial charge in [0.05, 0.1) is 0 Å². The number of hydrogen-bond donors (Lipinski definition) is 0. The third kappa shape index (κ3) is 3.72. The lowest BCUT2D eigenvalue weighted by atomic mass is 9.90. The molecule has 0 radical (unpaired) electrons. The summed E-state index contributed by atoms with van der Waals surface area (Å²) >= 11 is 1.83. The number of aromatic nitrogens is 2. The summed E-state index contributed by atoms with van der Waals surface area (Å²) in [4.78, 5) is 11.7. The first-order valence-corrected chi connectivity index (χ1v) is 13.1. The van der Waals surface area contributed by atoms with Crippen molar-refractivity contribution < 1.29 is 0 Å². The lowest BCUT2D eigenvalue weighted by Gasteiger charge is -2.12. The summed E-state index contributed by atoms with van der Waals surface area (Å²) in [6.45, 7) is 0. The van der Waals surface area contributed by atoms with Gasteiger partial charge in [-0.25, -0.2) is 0 Å². The first kappa shape index (κ1) is 21.7. The Bertz CT molecular complexity index is 1720. The topological polar surface area (TPSA) is 25.8 Å². The van der Waals surface area contributed by atoms with Gasteiger partial charge >= 0.3 is 0 Å². The molecule has 2 nitrogen and oxygen atoms in total. The molecule has 3 aromatic heterocycles. The van der Waals surface area contributed by atoms with Crippen molar-refractivity contribution in [1.29, 1.82) is 0 Å².